The van der Waals surface area contributed by atoms with Crippen LogP contribution in [0.5, 0.6) is 0 Å². The first-order chi connectivity index (χ1) is 13.3. The van der Waals surface area contributed by atoms with Crippen molar-refractivity contribution in [2.45, 2.75) is 57.0 Å². The number of sulfonamides is 1. The second kappa shape index (κ2) is 8.22. The lowest BCUT2D eigenvalue weighted by Gasteiger charge is -2.16. The van der Waals surface area contributed by atoms with Crippen LogP contribution in [0.25, 0.3) is 5.57 Å². The van der Waals surface area contributed by atoms with E-state index in [1.165, 1.54) is 17.9 Å². The van der Waals surface area contributed by atoms with Gasteiger partial charge in [0.05, 0.1) is 6.26 Å². The normalized spacial score (nSPS) is 19.8. The molecule has 0 aromatic carbocycles. The van der Waals surface area contributed by atoms with Crippen LogP contribution in [0.1, 0.15) is 57.4 Å². The minimum Gasteiger partial charge on any atom is -0.451 e. The summed E-state index contributed by atoms with van der Waals surface area (Å²) in [4.78, 5) is 12.5. The molecule has 150 valence electrons. The van der Waals surface area contributed by atoms with E-state index in [-0.39, 0.29) is 5.09 Å². The van der Waals surface area contributed by atoms with Gasteiger partial charge in [-0.2, -0.15) is 8.42 Å². The fraction of sp³-hybridized carbons (Fsp3) is 0.381. The first-order valence-electron chi connectivity index (χ1n) is 9.47. The first kappa shape index (κ1) is 20.2. The van der Waals surface area contributed by atoms with Gasteiger partial charge in [-0.3, -0.25) is 0 Å². The molecule has 0 unspecified atom stereocenters. The van der Waals surface area contributed by atoms with Gasteiger partial charge in [-0.1, -0.05) is 19.2 Å². The van der Waals surface area contributed by atoms with E-state index in [9.17, 15) is 13.2 Å². The van der Waals surface area contributed by atoms with Crippen molar-refractivity contribution in [1.82, 2.24) is 10.0 Å². The summed E-state index contributed by atoms with van der Waals surface area (Å²) in [5.41, 5.74) is 5.03. The number of hydrogen-bond donors (Lipinski definition) is 2. The number of carbonyl (C=O) groups excluding carboxylic acids is 1. The molecule has 2 aliphatic rings. The van der Waals surface area contributed by atoms with E-state index in [2.05, 4.69) is 24.6 Å². The number of furan rings is 1. The minimum absolute atomic E-state index is 0.326. The van der Waals surface area contributed by atoms with Crippen molar-refractivity contribution in [2.75, 3.05) is 0 Å². The van der Waals surface area contributed by atoms with Gasteiger partial charge in [0.25, 0.3) is 10.0 Å². The van der Waals surface area contributed by atoms with E-state index in [1.54, 1.807) is 6.92 Å². The lowest BCUT2D eigenvalue weighted by atomic mass is 10.0. The molecule has 0 aliphatic heterocycles. The second-order valence-corrected chi connectivity index (χ2v) is 8.89. The summed E-state index contributed by atoms with van der Waals surface area (Å²) in [6, 6.07) is 0.527. The van der Waals surface area contributed by atoms with Gasteiger partial charge in [-0.25, -0.2) is 9.52 Å². The van der Waals surface area contributed by atoms with Crippen LogP contribution in [0, 0.1) is 0 Å². The highest BCUT2D eigenvalue weighted by Gasteiger charge is 2.25. The van der Waals surface area contributed by atoms with Gasteiger partial charge in [0.1, 0.15) is 0 Å². The zero-order valence-electron chi connectivity index (χ0n) is 16.1. The SMILES string of the molecule is C=C1CCCC/C=C2/CCCC2=C1NC(=O)NS(=O)(=O)c1cc(C(=C)C)co1. The van der Waals surface area contributed by atoms with Gasteiger partial charge in [-0.15, -0.1) is 0 Å². The predicted molar refractivity (Wildman–Crippen MR) is 109 cm³/mol. The minimum atomic E-state index is -4.12. The van der Waals surface area contributed by atoms with Crippen LogP contribution in [0.15, 0.2) is 63.5 Å². The van der Waals surface area contributed by atoms with Crippen LogP contribution in [0.3, 0.4) is 0 Å². The Hall–Kier alpha value is -2.54. The molecule has 0 saturated heterocycles. The molecule has 1 aromatic heterocycles. The average Bonchev–Trinajstić information content (AvgIpc) is 3.28. The van der Waals surface area contributed by atoms with Crippen LogP contribution in [0.2, 0.25) is 0 Å². The molecule has 7 heteroatoms. The Morgan fingerprint density at radius 1 is 1.18 bits per heavy atom. The quantitative estimate of drug-likeness (QED) is 0.757. The summed E-state index contributed by atoms with van der Waals surface area (Å²) in [6.45, 7) is 9.61. The van der Waals surface area contributed by atoms with Crippen LogP contribution >= 0.6 is 0 Å². The highest BCUT2D eigenvalue weighted by Crippen LogP contribution is 2.36. The molecular weight excluding hydrogens is 376 g/mol. The first-order valence-corrected chi connectivity index (χ1v) is 10.9. The maximum Gasteiger partial charge on any atom is 0.333 e. The topological polar surface area (TPSA) is 88.4 Å². The Kier molecular flexibility index (Phi) is 5.93. The van der Waals surface area contributed by atoms with Crippen LogP contribution in [0.4, 0.5) is 4.79 Å². The fourth-order valence-corrected chi connectivity index (χ4v) is 4.38. The maximum absolute atomic E-state index is 12.5. The molecule has 2 amide bonds. The third-order valence-corrected chi connectivity index (χ3v) is 6.24. The Labute approximate surface area is 166 Å². The number of nitrogens with one attached hydrogen (secondary N) is 2. The van der Waals surface area contributed by atoms with E-state index in [0.717, 1.165) is 56.1 Å². The number of urea groups is 1. The molecule has 1 heterocycles. The van der Waals surface area contributed by atoms with Crippen molar-refractivity contribution in [3.8, 4) is 0 Å². The highest BCUT2D eigenvalue weighted by atomic mass is 32.2. The number of hydrogen-bond acceptors (Lipinski definition) is 4. The van der Waals surface area contributed by atoms with Gasteiger partial charge in [0, 0.05) is 17.3 Å². The summed E-state index contributed by atoms with van der Waals surface area (Å²) < 4.78 is 32.0. The third kappa shape index (κ3) is 4.47. The monoisotopic (exact) mass is 402 g/mol. The van der Waals surface area contributed by atoms with Crippen molar-refractivity contribution in [3.63, 3.8) is 0 Å². The molecule has 0 spiro atoms. The van der Waals surface area contributed by atoms with E-state index >= 15 is 0 Å². The Morgan fingerprint density at radius 3 is 2.68 bits per heavy atom. The molecule has 2 N–H and O–H groups in total. The van der Waals surface area contributed by atoms with Gasteiger partial charge in [0.15, 0.2) is 0 Å². The molecule has 1 aromatic rings. The number of allylic oxidation sites excluding steroid dienone is 5. The number of fused-ring (bicyclic) bond motifs is 1. The number of rotatable bonds is 4. The standard InChI is InChI=1S/C21H26N2O4S/c1-14(2)17-12-19(27-13-17)28(25,26)23-21(24)22-20-15(3)8-5-4-6-9-16-10-7-11-18(16)20/h9,12-13H,1,3-8,10-11H2,2H3,(H2,22,23,24)/b16-9-,20-18?. The number of carbonyl (C=O) groups is 1. The van der Waals surface area contributed by atoms with Gasteiger partial charge < -0.3 is 9.73 Å². The molecule has 1 fully saturated rings. The zero-order chi connectivity index (χ0) is 20.3. The molecule has 0 atom stereocenters. The predicted octanol–water partition coefficient (Wildman–Crippen LogP) is 4.80. The van der Waals surface area contributed by atoms with Crippen LogP contribution in [-0.2, 0) is 10.0 Å². The fourth-order valence-electron chi connectivity index (χ4n) is 3.53. The van der Waals surface area contributed by atoms with Gasteiger partial charge in [0.2, 0.25) is 5.09 Å². The largest absolute Gasteiger partial charge is 0.451 e. The number of amides is 2. The maximum atomic E-state index is 12.5. The van der Waals surface area contributed by atoms with E-state index in [4.69, 9.17) is 4.42 Å². The van der Waals surface area contributed by atoms with Crippen molar-refractivity contribution < 1.29 is 17.6 Å². The van der Waals surface area contributed by atoms with Gasteiger partial charge >= 0.3 is 6.03 Å². The molecule has 0 radical (unpaired) electrons. The van der Waals surface area contributed by atoms with Crippen LogP contribution in [-0.4, -0.2) is 14.4 Å². The van der Waals surface area contributed by atoms with Gasteiger partial charge in [-0.05, 0) is 74.2 Å². The third-order valence-electron chi connectivity index (χ3n) is 5.04. The average molecular weight is 403 g/mol. The summed E-state index contributed by atoms with van der Waals surface area (Å²) in [5, 5.41) is 2.42. The van der Waals surface area contributed by atoms with E-state index in [1.807, 2.05) is 4.72 Å². The highest BCUT2D eigenvalue weighted by molar-refractivity contribution is 7.89. The Bertz CT molecular complexity index is 980. The molecule has 1 saturated carbocycles. The summed E-state index contributed by atoms with van der Waals surface area (Å²) >= 11 is 0. The molecule has 2 aliphatic carbocycles. The smallest absolute Gasteiger partial charge is 0.333 e. The van der Waals surface area contributed by atoms with Crippen LogP contribution < -0.4 is 10.0 Å². The van der Waals surface area contributed by atoms with Crippen molar-refractivity contribution >= 4 is 21.6 Å². The van der Waals surface area contributed by atoms with Crippen molar-refractivity contribution in [1.29, 1.82) is 0 Å². The summed E-state index contributed by atoms with van der Waals surface area (Å²) in [6.07, 6.45) is 10.2. The molecule has 0 bridgehead atoms. The summed E-state index contributed by atoms with van der Waals surface area (Å²) in [5.74, 6) is 0. The second-order valence-electron chi connectivity index (χ2n) is 7.28. The molecule has 28 heavy (non-hydrogen) atoms. The van der Waals surface area contributed by atoms with E-state index < -0.39 is 16.1 Å². The zero-order valence-corrected chi connectivity index (χ0v) is 17.0. The Morgan fingerprint density at radius 2 is 1.96 bits per heavy atom. The molecule has 6 nitrogen and oxygen atoms in total. The van der Waals surface area contributed by atoms with Crippen molar-refractivity contribution in [2.24, 2.45) is 0 Å². The molecular formula is C21H26N2O4S. The lowest BCUT2D eigenvalue weighted by Crippen LogP contribution is -2.39. The lowest BCUT2D eigenvalue weighted by molar-refractivity contribution is 0.248. The van der Waals surface area contributed by atoms with Crippen molar-refractivity contribution in [3.05, 3.63) is 59.5 Å². The molecule has 3 rings (SSSR count). The Balaban J connectivity index is 1.81. The summed E-state index contributed by atoms with van der Waals surface area (Å²) in [7, 11) is -4.12. The van der Waals surface area contributed by atoms with E-state index in [0.29, 0.717) is 16.8 Å².